The molecule has 2 aromatic heterocycles. The van der Waals surface area contributed by atoms with Gasteiger partial charge >= 0.3 is 0 Å². The first-order valence-corrected chi connectivity index (χ1v) is 8.96. The molecule has 0 bridgehead atoms. The van der Waals surface area contributed by atoms with Crippen molar-refractivity contribution in [2.45, 2.75) is 57.5 Å². The van der Waals surface area contributed by atoms with E-state index >= 15 is 0 Å². The molecule has 2 aromatic rings. The third-order valence-electron chi connectivity index (χ3n) is 4.75. The highest BCUT2D eigenvalue weighted by atomic mass is 16.2. The van der Waals surface area contributed by atoms with E-state index in [-0.39, 0.29) is 17.5 Å². The molecule has 6 heteroatoms. The van der Waals surface area contributed by atoms with Gasteiger partial charge in [-0.3, -0.25) is 14.6 Å². The predicted molar refractivity (Wildman–Crippen MR) is 96.1 cm³/mol. The summed E-state index contributed by atoms with van der Waals surface area (Å²) in [4.78, 5) is 28.8. The van der Waals surface area contributed by atoms with Crippen LogP contribution in [0, 0.1) is 0 Å². The number of hydrogen-bond acceptors (Lipinski definition) is 4. The van der Waals surface area contributed by atoms with Crippen molar-refractivity contribution in [1.29, 1.82) is 0 Å². The van der Waals surface area contributed by atoms with E-state index in [1.165, 1.54) is 23.6 Å². The Hall–Kier alpha value is -2.50. The number of pyridine rings is 1. The highest BCUT2D eigenvalue weighted by Gasteiger charge is 2.21. The van der Waals surface area contributed by atoms with Crippen LogP contribution in [0.3, 0.4) is 0 Å². The quantitative estimate of drug-likeness (QED) is 0.868. The van der Waals surface area contributed by atoms with Gasteiger partial charge in [-0.2, -0.15) is 5.10 Å². The summed E-state index contributed by atoms with van der Waals surface area (Å²) in [5.74, 6) is -0.145. The van der Waals surface area contributed by atoms with Crippen molar-refractivity contribution < 1.29 is 4.79 Å². The predicted octanol–water partition coefficient (Wildman–Crippen LogP) is 2.71. The van der Waals surface area contributed by atoms with Gasteiger partial charge in [0.15, 0.2) is 0 Å². The second-order valence-corrected chi connectivity index (χ2v) is 6.61. The van der Waals surface area contributed by atoms with Crippen LogP contribution >= 0.6 is 0 Å². The van der Waals surface area contributed by atoms with Gasteiger partial charge in [-0.1, -0.05) is 25.7 Å². The molecule has 132 valence electrons. The van der Waals surface area contributed by atoms with E-state index in [9.17, 15) is 9.59 Å². The molecule has 1 aliphatic carbocycles. The molecule has 0 aromatic carbocycles. The molecule has 1 saturated carbocycles. The standard InChI is InChI=1S/C19H24N4O2/c1-14(19(25)21-16-6-4-2-3-5-7-16)23-18(24)9-8-17(22-23)15-10-12-20-13-11-15/h8-14,16H,2-7H2,1H3,(H,21,25). The fourth-order valence-electron chi connectivity index (χ4n) is 3.24. The zero-order valence-corrected chi connectivity index (χ0v) is 14.5. The molecule has 1 atom stereocenters. The molecule has 0 aliphatic heterocycles. The molecule has 1 amide bonds. The van der Waals surface area contributed by atoms with Gasteiger partial charge in [0.25, 0.3) is 5.56 Å². The Morgan fingerprint density at radius 2 is 1.80 bits per heavy atom. The molecule has 1 fully saturated rings. The first kappa shape index (κ1) is 17.3. The van der Waals surface area contributed by atoms with Crippen LogP contribution in [-0.2, 0) is 4.79 Å². The highest BCUT2D eigenvalue weighted by Crippen LogP contribution is 2.18. The van der Waals surface area contributed by atoms with Gasteiger partial charge in [0.1, 0.15) is 6.04 Å². The Kier molecular flexibility index (Phi) is 5.58. The monoisotopic (exact) mass is 340 g/mol. The van der Waals surface area contributed by atoms with Gasteiger partial charge in [0, 0.05) is 30.1 Å². The van der Waals surface area contributed by atoms with E-state index in [2.05, 4.69) is 15.4 Å². The minimum absolute atomic E-state index is 0.145. The summed E-state index contributed by atoms with van der Waals surface area (Å²) >= 11 is 0. The summed E-state index contributed by atoms with van der Waals surface area (Å²) in [5, 5.41) is 7.49. The smallest absolute Gasteiger partial charge is 0.267 e. The van der Waals surface area contributed by atoms with E-state index in [0.717, 1.165) is 31.2 Å². The Labute approximate surface area is 147 Å². The molecule has 2 heterocycles. The number of amides is 1. The van der Waals surface area contributed by atoms with Crippen molar-refractivity contribution in [3.63, 3.8) is 0 Å². The molecular weight excluding hydrogens is 316 g/mol. The van der Waals surface area contributed by atoms with Crippen molar-refractivity contribution in [3.05, 3.63) is 47.0 Å². The van der Waals surface area contributed by atoms with E-state index in [1.807, 2.05) is 12.1 Å². The number of carbonyl (C=O) groups excluding carboxylic acids is 1. The Balaban J connectivity index is 1.77. The molecule has 1 unspecified atom stereocenters. The fraction of sp³-hybridized carbons (Fsp3) is 0.474. The zero-order valence-electron chi connectivity index (χ0n) is 14.5. The van der Waals surface area contributed by atoms with E-state index in [4.69, 9.17) is 0 Å². The maximum Gasteiger partial charge on any atom is 0.267 e. The SMILES string of the molecule is CC(C(=O)NC1CCCCCC1)n1nc(-c2ccncc2)ccc1=O. The Bertz CT molecular complexity index is 764. The van der Waals surface area contributed by atoms with Crippen LogP contribution in [0.2, 0.25) is 0 Å². The lowest BCUT2D eigenvalue weighted by molar-refractivity contribution is -0.125. The summed E-state index contributed by atoms with van der Waals surface area (Å²) in [6.45, 7) is 1.72. The van der Waals surface area contributed by atoms with E-state index < -0.39 is 6.04 Å². The summed E-state index contributed by atoms with van der Waals surface area (Å²) in [6.07, 6.45) is 10.1. The van der Waals surface area contributed by atoms with Gasteiger partial charge in [0.05, 0.1) is 5.69 Å². The van der Waals surface area contributed by atoms with Crippen LogP contribution in [0.4, 0.5) is 0 Å². The molecular formula is C19H24N4O2. The maximum atomic E-state index is 12.6. The second-order valence-electron chi connectivity index (χ2n) is 6.61. The third-order valence-corrected chi connectivity index (χ3v) is 4.75. The Morgan fingerprint density at radius 3 is 2.48 bits per heavy atom. The average molecular weight is 340 g/mol. The lowest BCUT2D eigenvalue weighted by atomic mass is 10.1. The van der Waals surface area contributed by atoms with Gasteiger partial charge in [0.2, 0.25) is 5.91 Å². The van der Waals surface area contributed by atoms with Crippen LogP contribution in [0.1, 0.15) is 51.5 Å². The van der Waals surface area contributed by atoms with Crippen molar-refractivity contribution >= 4 is 5.91 Å². The number of nitrogens with one attached hydrogen (secondary N) is 1. The lowest BCUT2D eigenvalue weighted by Gasteiger charge is -2.20. The molecule has 0 saturated heterocycles. The normalized spacial score (nSPS) is 16.8. The van der Waals surface area contributed by atoms with E-state index in [1.54, 1.807) is 25.4 Å². The topological polar surface area (TPSA) is 76.9 Å². The van der Waals surface area contributed by atoms with Crippen molar-refractivity contribution in [2.24, 2.45) is 0 Å². The van der Waals surface area contributed by atoms with Crippen LogP contribution in [0.25, 0.3) is 11.3 Å². The molecule has 1 aliphatic rings. The Morgan fingerprint density at radius 1 is 1.12 bits per heavy atom. The molecule has 1 N–H and O–H groups in total. The molecule has 25 heavy (non-hydrogen) atoms. The first-order chi connectivity index (χ1) is 12.1. The first-order valence-electron chi connectivity index (χ1n) is 8.96. The number of rotatable bonds is 4. The average Bonchev–Trinajstić information content (AvgIpc) is 2.91. The van der Waals surface area contributed by atoms with Crippen molar-refractivity contribution in [3.8, 4) is 11.3 Å². The lowest BCUT2D eigenvalue weighted by Crippen LogP contribution is -2.41. The molecule has 6 nitrogen and oxygen atoms in total. The zero-order chi connectivity index (χ0) is 17.6. The van der Waals surface area contributed by atoms with Crippen LogP contribution in [0.15, 0.2) is 41.5 Å². The maximum absolute atomic E-state index is 12.6. The number of aromatic nitrogens is 3. The van der Waals surface area contributed by atoms with Crippen LogP contribution < -0.4 is 10.9 Å². The van der Waals surface area contributed by atoms with Gasteiger partial charge < -0.3 is 5.32 Å². The highest BCUT2D eigenvalue weighted by molar-refractivity contribution is 5.80. The second kappa shape index (κ2) is 8.05. The minimum Gasteiger partial charge on any atom is -0.352 e. The summed E-state index contributed by atoms with van der Waals surface area (Å²) in [6, 6.07) is 6.34. The van der Waals surface area contributed by atoms with Gasteiger partial charge in [-0.25, -0.2) is 4.68 Å². The number of nitrogens with zero attached hydrogens (tertiary/aromatic N) is 3. The summed E-state index contributed by atoms with van der Waals surface area (Å²) in [5.41, 5.74) is 1.23. The van der Waals surface area contributed by atoms with Gasteiger partial charge in [-0.15, -0.1) is 0 Å². The fourth-order valence-corrected chi connectivity index (χ4v) is 3.24. The molecule has 0 radical (unpaired) electrons. The van der Waals surface area contributed by atoms with Crippen molar-refractivity contribution in [2.75, 3.05) is 0 Å². The molecule has 0 spiro atoms. The van der Waals surface area contributed by atoms with Gasteiger partial charge in [-0.05, 0) is 38.0 Å². The summed E-state index contributed by atoms with van der Waals surface area (Å²) < 4.78 is 1.27. The van der Waals surface area contributed by atoms with Crippen molar-refractivity contribution in [1.82, 2.24) is 20.1 Å². The summed E-state index contributed by atoms with van der Waals surface area (Å²) in [7, 11) is 0. The number of carbonyl (C=O) groups is 1. The number of hydrogen-bond donors (Lipinski definition) is 1. The van der Waals surface area contributed by atoms with Crippen LogP contribution in [0.5, 0.6) is 0 Å². The third kappa shape index (κ3) is 4.32. The van der Waals surface area contributed by atoms with Crippen LogP contribution in [-0.4, -0.2) is 26.7 Å². The van der Waals surface area contributed by atoms with E-state index in [0.29, 0.717) is 5.69 Å². The molecule has 3 rings (SSSR count). The largest absolute Gasteiger partial charge is 0.352 e. The minimum atomic E-state index is -0.641.